The van der Waals surface area contributed by atoms with Crippen molar-refractivity contribution in [3.8, 4) is 5.75 Å². The molecule has 20 heavy (non-hydrogen) atoms. The molecule has 1 rings (SSSR count). The SMILES string of the molecule is CC(=O)c1ccc(OS(=O)(=O)C(F)(F)F)c(N(C)C)c1. The number of benzene rings is 1. The molecule has 5 nitrogen and oxygen atoms in total. The first-order chi connectivity index (χ1) is 8.95. The highest BCUT2D eigenvalue weighted by molar-refractivity contribution is 7.88. The van der Waals surface area contributed by atoms with Crippen LogP contribution >= 0.6 is 0 Å². The van der Waals surface area contributed by atoms with E-state index in [4.69, 9.17) is 0 Å². The minimum atomic E-state index is -5.75. The number of rotatable bonds is 4. The number of halogens is 3. The van der Waals surface area contributed by atoms with Gasteiger partial charge in [-0.1, -0.05) is 0 Å². The summed E-state index contributed by atoms with van der Waals surface area (Å²) in [6.45, 7) is 1.28. The first-order valence-electron chi connectivity index (χ1n) is 5.29. The molecule has 0 amide bonds. The third-order valence-corrected chi connectivity index (χ3v) is 3.30. The molecule has 0 heterocycles. The van der Waals surface area contributed by atoms with Gasteiger partial charge in [0.1, 0.15) is 0 Å². The number of hydrogen-bond acceptors (Lipinski definition) is 5. The van der Waals surface area contributed by atoms with Gasteiger partial charge in [0.2, 0.25) is 0 Å². The Hall–Kier alpha value is -1.77. The van der Waals surface area contributed by atoms with E-state index < -0.39 is 21.4 Å². The fraction of sp³-hybridized carbons (Fsp3) is 0.364. The van der Waals surface area contributed by atoms with Gasteiger partial charge in [0.25, 0.3) is 0 Å². The zero-order valence-electron chi connectivity index (χ0n) is 10.9. The lowest BCUT2D eigenvalue weighted by atomic mass is 10.1. The number of hydrogen-bond donors (Lipinski definition) is 0. The molecule has 0 bridgehead atoms. The Balaban J connectivity index is 3.30. The van der Waals surface area contributed by atoms with Gasteiger partial charge in [-0.2, -0.15) is 21.6 Å². The minimum Gasteiger partial charge on any atom is -0.375 e. The van der Waals surface area contributed by atoms with Gasteiger partial charge in [0.15, 0.2) is 11.5 Å². The van der Waals surface area contributed by atoms with Crippen molar-refractivity contribution in [2.24, 2.45) is 0 Å². The standard InChI is InChI=1S/C11H12F3NO4S/c1-7(16)8-4-5-10(9(6-8)15(2)3)19-20(17,18)11(12,13)14/h4-6H,1-3H3. The quantitative estimate of drug-likeness (QED) is 0.484. The van der Waals surface area contributed by atoms with Crippen molar-refractivity contribution in [2.75, 3.05) is 19.0 Å². The molecule has 0 spiro atoms. The lowest BCUT2D eigenvalue weighted by Crippen LogP contribution is -2.28. The van der Waals surface area contributed by atoms with Crippen molar-refractivity contribution in [1.29, 1.82) is 0 Å². The topological polar surface area (TPSA) is 63.7 Å². The Bertz CT molecular complexity index is 623. The van der Waals surface area contributed by atoms with Crippen molar-refractivity contribution in [1.82, 2.24) is 0 Å². The summed E-state index contributed by atoms with van der Waals surface area (Å²) >= 11 is 0. The number of Topliss-reactive ketones (excluding diaryl/α,β-unsaturated/α-hetero) is 1. The second kappa shape index (κ2) is 5.31. The van der Waals surface area contributed by atoms with Crippen molar-refractivity contribution in [2.45, 2.75) is 12.4 Å². The number of alkyl halides is 3. The molecule has 0 fully saturated rings. The number of carbonyl (C=O) groups excluding carboxylic acids is 1. The van der Waals surface area contributed by atoms with Crippen molar-refractivity contribution in [3.63, 3.8) is 0 Å². The lowest BCUT2D eigenvalue weighted by molar-refractivity contribution is -0.0499. The molecule has 0 aromatic heterocycles. The van der Waals surface area contributed by atoms with Gasteiger partial charge in [0.05, 0.1) is 5.69 Å². The van der Waals surface area contributed by atoms with Gasteiger partial charge in [0, 0.05) is 19.7 Å². The highest BCUT2D eigenvalue weighted by Crippen LogP contribution is 2.33. The Kier molecular flexibility index (Phi) is 4.33. The molecule has 9 heteroatoms. The van der Waals surface area contributed by atoms with Crippen molar-refractivity contribution >= 4 is 21.6 Å². The minimum absolute atomic E-state index is 0.0468. The normalized spacial score (nSPS) is 12.1. The Morgan fingerprint density at radius 2 is 1.80 bits per heavy atom. The molecule has 1 aromatic carbocycles. The smallest absolute Gasteiger partial charge is 0.375 e. The highest BCUT2D eigenvalue weighted by atomic mass is 32.2. The second-order valence-corrected chi connectivity index (χ2v) is 5.65. The molecule has 0 aliphatic heterocycles. The van der Waals surface area contributed by atoms with E-state index in [0.717, 1.165) is 6.07 Å². The molecule has 0 saturated heterocycles. The average molecular weight is 311 g/mol. The molecule has 0 aliphatic carbocycles. The molecular weight excluding hydrogens is 299 g/mol. The van der Waals surface area contributed by atoms with Gasteiger partial charge in [-0.05, 0) is 25.1 Å². The molecule has 112 valence electrons. The van der Waals surface area contributed by atoms with E-state index in [2.05, 4.69) is 4.18 Å². The maximum Gasteiger partial charge on any atom is 0.534 e. The summed E-state index contributed by atoms with van der Waals surface area (Å²) in [5.74, 6) is -0.810. The molecule has 0 saturated carbocycles. The van der Waals surface area contributed by atoms with Crippen molar-refractivity contribution in [3.05, 3.63) is 23.8 Å². The van der Waals surface area contributed by atoms with Crippen LogP contribution in [0.1, 0.15) is 17.3 Å². The summed E-state index contributed by atoms with van der Waals surface area (Å²) in [4.78, 5) is 12.6. The fourth-order valence-corrected chi connectivity index (χ4v) is 1.79. The van der Waals surface area contributed by atoms with Crippen LogP contribution in [0.2, 0.25) is 0 Å². The third kappa shape index (κ3) is 3.41. The van der Waals surface area contributed by atoms with E-state index in [1.165, 1.54) is 38.1 Å². The predicted octanol–water partition coefficient (Wildman–Crippen LogP) is 2.18. The van der Waals surface area contributed by atoms with Crippen LogP contribution in [-0.2, 0) is 10.1 Å². The number of nitrogens with zero attached hydrogens (tertiary/aromatic N) is 1. The first-order valence-corrected chi connectivity index (χ1v) is 6.69. The van der Waals surface area contributed by atoms with E-state index in [1.807, 2.05) is 0 Å². The number of ketones is 1. The van der Waals surface area contributed by atoms with E-state index in [-0.39, 0.29) is 17.0 Å². The Morgan fingerprint density at radius 1 is 1.25 bits per heavy atom. The first kappa shape index (κ1) is 16.3. The lowest BCUT2D eigenvalue weighted by Gasteiger charge is -2.18. The van der Waals surface area contributed by atoms with Crippen molar-refractivity contribution < 1.29 is 30.6 Å². The zero-order valence-corrected chi connectivity index (χ0v) is 11.7. The molecule has 0 aliphatic rings. The van der Waals surface area contributed by atoms with Crippen LogP contribution < -0.4 is 9.08 Å². The van der Waals surface area contributed by atoms with Gasteiger partial charge < -0.3 is 9.08 Å². The summed E-state index contributed by atoms with van der Waals surface area (Å²) < 4.78 is 62.9. The summed E-state index contributed by atoms with van der Waals surface area (Å²) in [6.07, 6.45) is 0. The van der Waals surface area contributed by atoms with E-state index in [9.17, 15) is 26.4 Å². The molecule has 1 aromatic rings. The Labute approximate surface area is 114 Å². The number of carbonyl (C=O) groups is 1. The van der Waals surface area contributed by atoms with Gasteiger partial charge in [-0.15, -0.1) is 0 Å². The van der Waals surface area contributed by atoms with Crippen LogP contribution in [0.4, 0.5) is 18.9 Å². The van der Waals surface area contributed by atoms with E-state index >= 15 is 0 Å². The van der Waals surface area contributed by atoms with Crippen LogP contribution in [0.25, 0.3) is 0 Å². The van der Waals surface area contributed by atoms with Gasteiger partial charge in [-0.25, -0.2) is 0 Å². The second-order valence-electron chi connectivity index (χ2n) is 4.12. The van der Waals surface area contributed by atoms with Gasteiger partial charge in [-0.3, -0.25) is 4.79 Å². The summed E-state index contributed by atoms with van der Waals surface area (Å²) in [6, 6.07) is 3.45. The third-order valence-electron chi connectivity index (χ3n) is 2.33. The van der Waals surface area contributed by atoms with Crippen LogP contribution in [-0.4, -0.2) is 33.8 Å². The summed E-state index contributed by atoms with van der Waals surface area (Å²) in [5, 5.41) is 0. The molecule has 0 radical (unpaired) electrons. The largest absolute Gasteiger partial charge is 0.534 e. The highest BCUT2D eigenvalue weighted by Gasteiger charge is 2.48. The monoisotopic (exact) mass is 311 g/mol. The van der Waals surface area contributed by atoms with Crippen LogP contribution in [0, 0.1) is 0 Å². The summed E-state index contributed by atoms with van der Waals surface area (Å²) in [5.41, 5.74) is -5.24. The average Bonchev–Trinajstić information content (AvgIpc) is 2.26. The molecule has 0 unspecified atom stereocenters. The van der Waals surface area contributed by atoms with E-state index in [1.54, 1.807) is 0 Å². The summed E-state index contributed by atoms with van der Waals surface area (Å²) in [7, 11) is -2.79. The van der Waals surface area contributed by atoms with Crippen LogP contribution in [0.3, 0.4) is 0 Å². The van der Waals surface area contributed by atoms with Gasteiger partial charge >= 0.3 is 15.6 Å². The van der Waals surface area contributed by atoms with Crippen LogP contribution in [0.15, 0.2) is 18.2 Å². The Morgan fingerprint density at radius 3 is 2.20 bits per heavy atom. The maximum absolute atomic E-state index is 12.3. The number of anilines is 1. The van der Waals surface area contributed by atoms with E-state index in [0.29, 0.717) is 0 Å². The fourth-order valence-electron chi connectivity index (χ4n) is 1.32. The predicted molar refractivity (Wildman–Crippen MR) is 66.4 cm³/mol. The molecule has 0 atom stereocenters. The maximum atomic E-state index is 12.3. The van der Waals surface area contributed by atoms with Crippen LogP contribution in [0.5, 0.6) is 5.75 Å². The molecule has 0 N–H and O–H groups in total. The molecular formula is C11H12F3NO4S. The zero-order chi connectivity index (χ0) is 15.7.